The number of thioether (sulfide) groups is 1. The molecule has 2 fully saturated rings. The third-order valence-corrected chi connectivity index (χ3v) is 8.87. The van der Waals surface area contributed by atoms with Gasteiger partial charge in [0, 0.05) is 16.5 Å². The Hall–Kier alpha value is -2.32. The number of anilines is 1. The van der Waals surface area contributed by atoms with Crippen molar-refractivity contribution in [2.75, 3.05) is 23.5 Å². The highest BCUT2D eigenvalue weighted by Gasteiger charge is 2.49. The quantitative estimate of drug-likeness (QED) is 0.681. The molecule has 2 atom stereocenters. The van der Waals surface area contributed by atoms with Crippen LogP contribution in [-0.4, -0.2) is 49.4 Å². The summed E-state index contributed by atoms with van der Waals surface area (Å²) in [6.45, 7) is 4.26. The Balaban J connectivity index is 1.64. The number of sulfone groups is 1. The molecule has 1 amide bonds. The van der Waals surface area contributed by atoms with Crippen molar-refractivity contribution in [1.29, 1.82) is 0 Å². The van der Waals surface area contributed by atoms with E-state index in [9.17, 15) is 13.2 Å². The average Bonchev–Trinajstić information content (AvgIpc) is 3.19. The largest absolute Gasteiger partial charge is 0.496 e. The smallest absolute Gasteiger partial charge is 0.252 e. The Kier molecular flexibility index (Phi) is 6.12. The Bertz CT molecular complexity index is 1110. The maximum Gasteiger partial charge on any atom is 0.252 e. The number of fused-ring (bicyclic) bond motifs is 1. The van der Waals surface area contributed by atoms with Crippen molar-refractivity contribution in [2.45, 2.75) is 37.5 Å². The highest BCUT2D eigenvalue weighted by molar-refractivity contribution is 8.16. The minimum Gasteiger partial charge on any atom is -0.496 e. The fourth-order valence-corrected chi connectivity index (χ4v) is 7.98. The molecule has 2 aromatic rings. The number of ether oxygens (including phenoxy) is 1. The van der Waals surface area contributed by atoms with Crippen molar-refractivity contribution in [3.63, 3.8) is 0 Å². The summed E-state index contributed by atoms with van der Waals surface area (Å²) in [6.07, 6.45) is 0.127. The predicted molar refractivity (Wildman–Crippen MR) is 126 cm³/mol. The lowest BCUT2D eigenvalue weighted by atomic mass is 10.0. The number of carbonyl (C=O) groups excluding carboxylic acids is 1. The Morgan fingerprint density at radius 3 is 2.55 bits per heavy atom. The molecule has 0 radical (unpaired) electrons. The van der Waals surface area contributed by atoms with Crippen molar-refractivity contribution in [3.8, 4) is 5.75 Å². The minimum atomic E-state index is -3.10. The van der Waals surface area contributed by atoms with E-state index < -0.39 is 9.84 Å². The zero-order valence-corrected chi connectivity index (χ0v) is 19.4. The number of hydrogen-bond acceptors (Lipinski definition) is 5. The van der Waals surface area contributed by atoms with Gasteiger partial charge in [-0.25, -0.2) is 8.42 Å². The number of rotatable bonds is 5. The summed E-state index contributed by atoms with van der Waals surface area (Å²) in [5.74, 6) is 0.967. The lowest BCUT2D eigenvalue weighted by Crippen LogP contribution is -2.37. The summed E-state index contributed by atoms with van der Waals surface area (Å²) >= 11 is 1.39. The molecular formula is C23H26N2O4S2. The summed E-state index contributed by atoms with van der Waals surface area (Å²) in [4.78, 5) is 19.1. The summed E-state index contributed by atoms with van der Waals surface area (Å²) in [5, 5.41) is 0.453. The predicted octanol–water partition coefficient (Wildman–Crippen LogP) is 3.66. The molecule has 0 bridgehead atoms. The van der Waals surface area contributed by atoms with E-state index in [1.807, 2.05) is 41.3 Å². The maximum atomic E-state index is 12.8. The first-order valence-corrected chi connectivity index (χ1v) is 13.0. The van der Waals surface area contributed by atoms with Crippen LogP contribution in [0, 0.1) is 0 Å². The van der Waals surface area contributed by atoms with Gasteiger partial charge in [-0.1, -0.05) is 55.9 Å². The Labute approximate surface area is 187 Å². The molecule has 2 aromatic carbocycles. The second kappa shape index (κ2) is 8.67. The highest BCUT2D eigenvalue weighted by atomic mass is 32.2. The maximum absolute atomic E-state index is 12.8. The van der Waals surface area contributed by atoms with Crippen LogP contribution in [0.4, 0.5) is 5.69 Å². The van der Waals surface area contributed by atoms with Crippen LogP contribution in [0.1, 0.15) is 30.9 Å². The number of nitrogens with zero attached hydrogens (tertiary/aromatic N) is 2. The normalized spacial score (nSPS) is 23.4. The summed E-state index contributed by atoms with van der Waals surface area (Å²) in [7, 11) is -1.52. The van der Waals surface area contributed by atoms with E-state index in [1.54, 1.807) is 7.11 Å². The topological polar surface area (TPSA) is 76.0 Å². The van der Waals surface area contributed by atoms with E-state index >= 15 is 0 Å². The van der Waals surface area contributed by atoms with E-state index in [-0.39, 0.29) is 35.1 Å². The first-order valence-electron chi connectivity index (χ1n) is 10.3. The molecule has 4 rings (SSSR count). The van der Waals surface area contributed by atoms with Crippen LogP contribution < -0.4 is 9.64 Å². The molecule has 0 spiro atoms. The molecule has 6 nitrogen and oxygen atoms in total. The molecule has 0 aromatic heterocycles. The number of aliphatic imine (C=N–C) groups is 1. The molecular weight excluding hydrogens is 432 g/mol. The highest BCUT2D eigenvalue weighted by Crippen LogP contribution is 2.41. The minimum absolute atomic E-state index is 0.0797. The lowest BCUT2D eigenvalue weighted by molar-refractivity contribution is -0.117. The molecule has 0 N–H and O–H groups in total. The van der Waals surface area contributed by atoms with Crippen molar-refractivity contribution in [3.05, 3.63) is 59.7 Å². The lowest BCUT2D eigenvalue weighted by Gasteiger charge is -2.25. The van der Waals surface area contributed by atoms with Crippen molar-refractivity contribution < 1.29 is 17.9 Å². The van der Waals surface area contributed by atoms with E-state index in [2.05, 4.69) is 31.0 Å². The first-order chi connectivity index (χ1) is 14.8. The van der Waals surface area contributed by atoms with Gasteiger partial charge in [-0.2, -0.15) is 4.99 Å². The molecule has 2 aliphatic heterocycles. The number of para-hydroxylation sites is 1. The summed E-state index contributed by atoms with van der Waals surface area (Å²) in [6, 6.07) is 15.3. The standard InChI is InChI=1S/C23H26N2O4S2/c1-15(2)16-8-10-18(11-9-16)25-19-13-31(27,28)14-21(19)30-23(25)24-22(26)12-17-6-4-5-7-20(17)29-3/h4-11,15,19,21H,12-14H2,1-3H3/t19-,21+/m0/s1. The van der Waals surface area contributed by atoms with Gasteiger partial charge in [0.25, 0.3) is 5.91 Å². The van der Waals surface area contributed by atoms with Crippen LogP contribution in [0.25, 0.3) is 0 Å². The van der Waals surface area contributed by atoms with Crippen LogP contribution in [-0.2, 0) is 21.1 Å². The SMILES string of the molecule is COc1ccccc1CC(=O)N=C1S[C@@H]2CS(=O)(=O)C[C@@H]2N1c1ccc(C(C)C)cc1. The van der Waals surface area contributed by atoms with Gasteiger partial charge in [-0.15, -0.1) is 0 Å². The van der Waals surface area contributed by atoms with Gasteiger partial charge in [-0.05, 0) is 29.7 Å². The number of benzene rings is 2. The van der Waals surface area contributed by atoms with Crippen LogP contribution in [0.2, 0.25) is 0 Å². The number of amidine groups is 1. The van der Waals surface area contributed by atoms with Gasteiger partial charge in [0.1, 0.15) is 5.75 Å². The number of carbonyl (C=O) groups is 1. The van der Waals surface area contributed by atoms with Gasteiger partial charge < -0.3 is 9.64 Å². The molecule has 8 heteroatoms. The zero-order chi connectivity index (χ0) is 22.2. The molecule has 0 aliphatic carbocycles. The molecule has 164 valence electrons. The van der Waals surface area contributed by atoms with E-state index in [1.165, 1.54) is 17.3 Å². The first kappa shape index (κ1) is 21.9. The average molecular weight is 459 g/mol. The third kappa shape index (κ3) is 4.65. The Morgan fingerprint density at radius 1 is 1.16 bits per heavy atom. The molecule has 0 unspecified atom stereocenters. The van der Waals surface area contributed by atoms with Crippen molar-refractivity contribution >= 4 is 38.4 Å². The van der Waals surface area contributed by atoms with Crippen LogP contribution >= 0.6 is 11.8 Å². The van der Waals surface area contributed by atoms with E-state index in [4.69, 9.17) is 4.74 Å². The number of amides is 1. The molecule has 2 aliphatic rings. The zero-order valence-electron chi connectivity index (χ0n) is 17.8. The number of hydrogen-bond donors (Lipinski definition) is 0. The van der Waals surface area contributed by atoms with E-state index in [0.717, 1.165) is 11.3 Å². The van der Waals surface area contributed by atoms with Crippen LogP contribution in [0.3, 0.4) is 0 Å². The van der Waals surface area contributed by atoms with Crippen LogP contribution in [0.5, 0.6) is 5.75 Å². The van der Waals surface area contributed by atoms with Gasteiger partial charge in [0.15, 0.2) is 15.0 Å². The molecule has 2 saturated heterocycles. The van der Waals surface area contributed by atoms with Crippen molar-refractivity contribution in [1.82, 2.24) is 0 Å². The van der Waals surface area contributed by atoms with Crippen molar-refractivity contribution in [2.24, 2.45) is 4.99 Å². The van der Waals surface area contributed by atoms with Gasteiger partial charge in [0.05, 0.1) is 31.1 Å². The van der Waals surface area contributed by atoms with Gasteiger partial charge in [-0.3, -0.25) is 4.79 Å². The second-order valence-electron chi connectivity index (χ2n) is 8.19. The number of methoxy groups -OCH3 is 1. The summed E-state index contributed by atoms with van der Waals surface area (Å²) in [5.41, 5.74) is 2.85. The molecule has 31 heavy (non-hydrogen) atoms. The Morgan fingerprint density at radius 2 is 1.87 bits per heavy atom. The third-order valence-electron chi connectivity index (χ3n) is 5.66. The monoisotopic (exact) mass is 458 g/mol. The molecule has 0 saturated carbocycles. The van der Waals surface area contributed by atoms with Crippen LogP contribution in [0.15, 0.2) is 53.5 Å². The van der Waals surface area contributed by atoms with E-state index in [0.29, 0.717) is 16.8 Å². The second-order valence-corrected chi connectivity index (χ2v) is 11.6. The van der Waals surface area contributed by atoms with Gasteiger partial charge >= 0.3 is 0 Å². The molecule has 2 heterocycles. The van der Waals surface area contributed by atoms with Gasteiger partial charge in [0.2, 0.25) is 0 Å². The fourth-order valence-electron chi connectivity index (χ4n) is 4.04. The fraction of sp³-hybridized carbons (Fsp3) is 0.391. The summed E-state index contributed by atoms with van der Waals surface area (Å²) < 4.78 is 29.8.